The van der Waals surface area contributed by atoms with Gasteiger partial charge in [-0.05, 0) is 24.1 Å². The Labute approximate surface area is 112 Å². The third-order valence-corrected chi connectivity index (χ3v) is 2.65. The Bertz CT molecular complexity index is 657. The number of carbonyl (C=O) groups excluding carboxylic acids is 3. The van der Waals surface area contributed by atoms with Gasteiger partial charge in [0.1, 0.15) is 17.9 Å². The number of halogens is 2. The maximum atomic E-state index is 14.1. The first-order chi connectivity index (χ1) is 10.1. The number of aldehydes is 1. The molecule has 1 aliphatic heterocycles. The van der Waals surface area contributed by atoms with Crippen molar-refractivity contribution in [2.45, 2.75) is 25.1 Å². The number of rotatable bonds is 3. The molecular formula is C13H11F2NO3. The second kappa shape index (κ2) is 5.26. The topological polar surface area (TPSA) is 63.2 Å². The molecule has 1 aliphatic rings. The van der Waals surface area contributed by atoms with E-state index < -0.39 is 47.7 Å². The maximum absolute atomic E-state index is 14.1. The van der Waals surface area contributed by atoms with E-state index in [0.29, 0.717) is 6.29 Å². The van der Waals surface area contributed by atoms with Crippen molar-refractivity contribution in [1.82, 2.24) is 5.32 Å². The van der Waals surface area contributed by atoms with Gasteiger partial charge >= 0.3 is 0 Å². The number of imide groups is 1. The molecule has 0 bridgehead atoms. The van der Waals surface area contributed by atoms with Crippen LogP contribution in [0.5, 0.6) is 0 Å². The summed E-state index contributed by atoms with van der Waals surface area (Å²) in [6.07, 6.45) is -3.43. The van der Waals surface area contributed by atoms with Crippen LogP contribution in [0.3, 0.4) is 0 Å². The fraction of sp³-hybridized carbons (Fsp3) is 0.308. The summed E-state index contributed by atoms with van der Waals surface area (Å²) in [7, 11) is 0. The van der Waals surface area contributed by atoms with Crippen molar-refractivity contribution in [3.63, 3.8) is 0 Å². The molecule has 19 heavy (non-hydrogen) atoms. The number of carbonyl (C=O) groups is 3. The van der Waals surface area contributed by atoms with Crippen molar-refractivity contribution in [2.75, 3.05) is 0 Å². The van der Waals surface area contributed by atoms with E-state index in [1.165, 1.54) is 0 Å². The first-order valence-corrected chi connectivity index (χ1v) is 5.40. The molecule has 1 unspecified atom stereocenters. The van der Waals surface area contributed by atoms with E-state index in [2.05, 4.69) is 0 Å². The van der Waals surface area contributed by atoms with Gasteiger partial charge in [0.25, 0.3) is 0 Å². The lowest BCUT2D eigenvalue weighted by Gasteiger charge is -2.22. The molecule has 1 saturated heterocycles. The van der Waals surface area contributed by atoms with Crippen molar-refractivity contribution in [3.8, 4) is 0 Å². The molecule has 1 N–H and O–H groups in total. The predicted octanol–water partition coefficient (Wildman–Crippen LogP) is 1.23. The van der Waals surface area contributed by atoms with Crippen molar-refractivity contribution in [1.29, 1.82) is 0 Å². The highest BCUT2D eigenvalue weighted by Gasteiger charge is 2.32. The zero-order chi connectivity index (χ0) is 16.7. The number of piperidine rings is 1. The van der Waals surface area contributed by atoms with Crippen molar-refractivity contribution < 1.29 is 27.3 Å². The van der Waals surface area contributed by atoms with Gasteiger partial charge in [-0.2, -0.15) is 0 Å². The minimum Gasteiger partial charge on any atom is -0.303 e. The number of hydrogen-bond acceptors (Lipinski definition) is 3. The van der Waals surface area contributed by atoms with E-state index in [0.717, 1.165) is 12.1 Å². The quantitative estimate of drug-likeness (QED) is 0.663. The Balaban J connectivity index is 2.56. The molecule has 0 saturated carbocycles. The zero-order valence-electron chi connectivity index (χ0n) is 12.6. The second-order valence-electron chi connectivity index (χ2n) is 3.92. The first-order valence-electron chi connectivity index (χ1n) is 6.90. The standard InChI is InChI=1S/C13H11F2NO3/c14-9-5-7(3-4-17)6-10(15)12(9)8-1-2-11(18)16-13(8)19/h4-6,8H,1-3H2,(H,16,18,19)/i2D2,8D. The summed E-state index contributed by atoms with van der Waals surface area (Å²) in [6.45, 7) is 0. The molecule has 2 rings (SSSR count). The molecule has 1 aromatic carbocycles. The van der Waals surface area contributed by atoms with Gasteiger partial charge in [0.2, 0.25) is 11.8 Å². The van der Waals surface area contributed by atoms with Gasteiger partial charge < -0.3 is 4.79 Å². The maximum Gasteiger partial charge on any atom is 0.234 e. The van der Waals surface area contributed by atoms with Crippen LogP contribution in [0.1, 0.15) is 33.9 Å². The fourth-order valence-electron chi connectivity index (χ4n) is 1.80. The van der Waals surface area contributed by atoms with Crippen LogP contribution in [0.15, 0.2) is 12.1 Å². The summed E-state index contributed by atoms with van der Waals surface area (Å²) in [5.74, 6) is -7.66. The van der Waals surface area contributed by atoms with Crippen LogP contribution in [-0.4, -0.2) is 18.1 Å². The molecule has 0 radical (unpaired) electrons. The van der Waals surface area contributed by atoms with Crippen LogP contribution in [0.4, 0.5) is 8.78 Å². The Morgan fingerprint density at radius 1 is 1.42 bits per heavy atom. The first kappa shape index (κ1) is 9.77. The van der Waals surface area contributed by atoms with Gasteiger partial charge in [-0.3, -0.25) is 14.9 Å². The van der Waals surface area contributed by atoms with E-state index in [1.54, 1.807) is 5.32 Å². The molecule has 1 aromatic rings. The smallest absolute Gasteiger partial charge is 0.234 e. The largest absolute Gasteiger partial charge is 0.303 e. The Morgan fingerprint density at radius 3 is 2.63 bits per heavy atom. The molecule has 1 heterocycles. The highest BCUT2D eigenvalue weighted by Crippen LogP contribution is 2.30. The SMILES string of the molecule is [2H]C1([2H])CC([2H])(c2c(F)cc(CC=O)cc2F)C(=O)NC1=O. The van der Waals surface area contributed by atoms with Crippen LogP contribution in [0, 0.1) is 11.6 Å². The molecule has 0 spiro atoms. The molecule has 1 fully saturated rings. The number of hydrogen-bond donors (Lipinski definition) is 1. The van der Waals surface area contributed by atoms with Crippen molar-refractivity contribution >= 4 is 18.1 Å². The minimum atomic E-state index is -2.62. The van der Waals surface area contributed by atoms with Gasteiger partial charge in [0.05, 0.1) is 5.89 Å². The van der Waals surface area contributed by atoms with Gasteiger partial charge in [-0.1, -0.05) is 0 Å². The molecule has 2 amide bonds. The predicted molar refractivity (Wildman–Crippen MR) is 61.3 cm³/mol. The molecule has 0 aliphatic carbocycles. The summed E-state index contributed by atoms with van der Waals surface area (Å²) in [5.41, 5.74) is -0.927. The second-order valence-corrected chi connectivity index (χ2v) is 3.92. The Hall–Kier alpha value is -2.11. The van der Waals surface area contributed by atoms with Gasteiger partial charge in [-0.15, -0.1) is 0 Å². The third kappa shape index (κ3) is 2.67. The zero-order valence-corrected chi connectivity index (χ0v) is 9.63. The Morgan fingerprint density at radius 2 is 2.05 bits per heavy atom. The van der Waals surface area contributed by atoms with Crippen LogP contribution in [0.2, 0.25) is 0 Å². The molecule has 1 atom stereocenters. The van der Waals surface area contributed by atoms with Crippen LogP contribution in [0.25, 0.3) is 0 Å². The average molecular weight is 270 g/mol. The van der Waals surface area contributed by atoms with E-state index in [-0.39, 0.29) is 12.0 Å². The average Bonchev–Trinajstić information content (AvgIpc) is 2.35. The van der Waals surface area contributed by atoms with E-state index in [4.69, 9.17) is 4.11 Å². The lowest BCUT2D eigenvalue weighted by molar-refractivity contribution is -0.134. The highest BCUT2D eigenvalue weighted by molar-refractivity contribution is 6.00. The molecular weight excluding hydrogens is 256 g/mol. The lowest BCUT2D eigenvalue weighted by Crippen LogP contribution is -2.40. The molecule has 6 heteroatoms. The van der Waals surface area contributed by atoms with Crippen LogP contribution >= 0.6 is 0 Å². The van der Waals surface area contributed by atoms with Crippen LogP contribution < -0.4 is 5.32 Å². The molecule has 0 aromatic heterocycles. The third-order valence-electron chi connectivity index (χ3n) is 2.65. The van der Waals surface area contributed by atoms with Gasteiger partial charge in [0.15, 0.2) is 0 Å². The minimum absolute atomic E-state index is 0.0210. The van der Waals surface area contributed by atoms with E-state index in [9.17, 15) is 23.2 Å². The number of benzene rings is 1. The number of nitrogens with one attached hydrogen (secondary N) is 1. The van der Waals surface area contributed by atoms with Crippen LogP contribution in [-0.2, 0) is 20.8 Å². The van der Waals surface area contributed by atoms with Crippen molar-refractivity contribution in [3.05, 3.63) is 34.9 Å². The van der Waals surface area contributed by atoms with Gasteiger partial charge in [-0.25, -0.2) is 8.78 Å². The normalized spacial score (nSPS) is 28.0. The summed E-state index contributed by atoms with van der Waals surface area (Å²) < 4.78 is 51.2. The Kier molecular flexibility index (Phi) is 2.70. The van der Waals surface area contributed by atoms with E-state index in [1.807, 2.05) is 0 Å². The molecule has 4 nitrogen and oxygen atoms in total. The fourth-order valence-corrected chi connectivity index (χ4v) is 1.80. The summed E-state index contributed by atoms with van der Waals surface area (Å²) in [5, 5.41) is 1.62. The van der Waals surface area contributed by atoms with Gasteiger partial charge in [0, 0.05) is 22.5 Å². The van der Waals surface area contributed by atoms with Crippen molar-refractivity contribution in [2.24, 2.45) is 0 Å². The molecule has 100 valence electrons. The lowest BCUT2D eigenvalue weighted by atomic mass is 9.89. The number of amides is 2. The van der Waals surface area contributed by atoms with E-state index >= 15 is 0 Å². The summed E-state index contributed by atoms with van der Waals surface area (Å²) >= 11 is 0. The monoisotopic (exact) mass is 270 g/mol. The highest BCUT2D eigenvalue weighted by atomic mass is 19.1. The summed E-state index contributed by atoms with van der Waals surface area (Å²) in [6, 6.07) is 1.62. The summed E-state index contributed by atoms with van der Waals surface area (Å²) in [4.78, 5) is 33.6.